The molecule has 1 atom stereocenters. The molecule has 4 heteroatoms. The van der Waals surface area contributed by atoms with Crippen LogP contribution in [0.4, 0.5) is 0 Å². The van der Waals surface area contributed by atoms with E-state index in [1.807, 2.05) is 0 Å². The molecular formula is C12H25N3O. The number of hydrogen-bond acceptors (Lipinski definition) is 4. The van der Waals surface area contributed by atoms with Crippen LogP contribution in [0.3, 0.4) is 0 Å². The molecule has 0 aliphatic carbocycles. The fourth-order valence-electron chi connectivity index (χ4n) is 2.70. The lowest BCUT2D eigenvalue weighted by molar-refractivity contribution is -0.00501. The summed E-state index contributed by atoms with van der Waals surface area (Å²) in [4.78, 5) is 5.08. The zero-order chi connectivity index (χ0) is 11.2. The lowest BCUT2D eigenvalue weighted by Gasteiger charge is -2.35. The van der Waals surface area contributed by atoms with Crippen molar-refractivity contribution in [2.75, 3.05) is 52.5 Å². The normalized spacial score (nSPS) is 28.7. The standard InChI is InChI=1S/C12H25N3O/c13-10-12-11-16-9-8-15(12)7-3-6-14-4-1-2-5-14/h12H,1-11,13H2. The van der Waals surface area contributed by atoms with Crippen LogP contribution in [-0.4, -0.2) is 68.3 Å². The highest BCUT2D eigenvalue weighted by atomic mass is 16.5. The van der Waals surface area contributed by atoms with Crippen molar-refractivity contribution in [1.29, 1.82) is 0 Å². The maximum atomic E-state index is 5.76. The Morgan fingerprint density at radius 3 is 2.69 bits per heavy atom. The Kier molecular flexibility index (Phi) is 5.03. The van der Waals surface area contributed by atoms with Gasteiger partial charge in [-0.1, -0.05) is 0 Å². The molecule has 2 aliphatic rings. The molecule has 0 radical (unpaired) electrons. The number of ether oxygens (including phenoxy) is 1. The first kappa shape index (κ1) is 12.3. The van der Waals surface area contributed by atoms with Crippen molar-refractivity contribution < 1.29 is 4.74 Å². The minimum Gasteiger partial charge on any atom is -0.378 e. The molecule has 2 fully saturated rings. The zero-order valence-electron chi connectivity index (χ0n) is 10.2. The second kappa shape index (κ2) is 6.55. The van der Waals surface area contributed by atoms with E-state index in [-0.39, 0.29) is 0 Å². The minimum atomic E-state index is 0.451. The van der Waals surface area contributed by atoms with Gasteiger partial charge in [-0.05, 0) is 45.4 Å². The molecule has 0 bridgehead atoms. The molecule has 2 N–H and O–H groups in total. The van der Waals surface area contributed by atoms with Gasteiger partial charge in [-0.15, -0.1) is 0 Å². The van der Waals surface area contributed by atoms with Crippen LogP contribution in [0.15, 0.2) is 0 Å². The molecule has 0 saturated carbocycles. The molecular weight excluding hydrogens is 202 g/mol. The van der Waals surface area contributed by atoms with Crippen LogP contribution in [0.1, 0.15) is 19.3 Å². The van der Waals surface area contributed by atoms with Gasteiger partial charge in [-0.2, -0.15) is 0 Å². The largest absolute Gasteiger partial charge is 0.378 e. The molecule has 0 aromatic heterocycles. The fraction of sp³-hybridized carbons (Fsp3) is 1.00. The first-order valence-electron chi connectivity index (χ1n) is 6.64. The van der Waals surface area contributed by atoms with E-state index in [0.717, 1.165) is 26.3 Å². The van der Waals surface area contributed by atoms with Gasteiger partial charge in [-0.25, -0.2) is 0 Å². The molecule has 4 nitrogen and oxygen atoms in total. The topological polar surface area (TPSA) is 41.7 Å². The number of nitrogens with two attached hydrogens (primary N) is 1. The first-order valence-corrected chi connectivity index (χ1v) is 6.64. The molecule has 1 unspecified atom stereocenters. The average Bonchev–Trinajstić information content (AvgIpc) is 2.83. The van der Waals surface area contributed by atoms with Crippen LogP contribution in [0.25, 0.3) is 0 Å². The maximum Gasteiger partial charge on any atom is 0.0634 e. The van der Waals surface area contributed by atoms with Crippen molar-refractivity contribution in [2.45, 2.75) is 25.3 Å². The molecule has 16 heavy (non-hydrogen) atoms. The summed E-state index contributed by atoms with van der Waals surface area (Å²) >= 11 is 0. The quantitative estimate of drug-likeness (QED) is 0.725. The highest BCUT2D eigenvalue weighted by molar-refractivity contribution is 4.76. The molecule has 2 aliphatic heterocycles. The van der Waals surface area contributed by atoms with Crippen molar-refractivity contribution in [3.05, 3.63) is 0 Å². The van der Waals surface area contributed by atoms with E-state index in [4.69, 9.17) is 10.5 Å². The van der Waals surface area contributed by atoms with E-state index < -0.39 is 0 Å². The summed E-state index contributed by atoms with van der Waals surface area (Å²) in [5.41, 5.74) is 5.76. The van der Waals surface area contributed by atoms with E-state index in [2.05, 4.69) is 9.80 Å². The minimum absolute atomic E-state index is 0.451. The van der Waals surface area contributed by atoms with Crippen LogP contribution in [-0.2, 0) is 4.74 Å². The second-order valence-corrected chi connectivity index (χ2v) is 4.90. The number of rotatable bonds is 5. The Bertz CT molecular complexity index is 195. The molecule has 0 amide bonds. The molecule has 2 saturated heterocycles. The van der Waals surface area contributed by atoms with Crippen LogP contribution in [0.2, 0.25) is 0 Å². The molecule has 0 aromatic rings. The number of nitrogens with zero attached hydrogens (tertiary/aromatic N) is 2. The van der Waals surface area contributed by atoms with Gasteiger partial charge in [0.05, 0.1) is 13.2 Å². The van der Waals surface area contributed by atoms with Crippen molar-refractivity contribution in [3.8, 4) is 0 Å². The van der Waals surface area contributed by atoms with Gasteiger partial charge in [0.1, 0.15) is 0 Å². The van der Waals surface area contributed by atoms with Crippen LogP contribution >= 0.6 is 0 Å². The summed E-state index contributed by atoms with van der Waals surface area (Å²) in [5, 5.41) is 0. The van der Waals surface area contributed by atoms with Crippen LogP contribution < -0.4 is 5.73 Å². The van der Waals surface area contributed by atoms with Gasteiger partial charge in [0, 0.05) is 19.1 Å². The fourth-order valence-corrected chi connectivity index (χ4v) is 2.70. The van der Waals surface area contributed by atoms with E-state index in [1.165, 1.54) is 45.4 Å². The predicted octanol–water partition coefficient (Wildman–Crippen LogP) is 0.132. The second-order valence-electron chi connectivity index (χ2n) is 4.90. The molecule has 2 heterocycles. The third-order valence-electron chi connectivity index (χ3n) is 3.74. The van der Waals surface area contributed by atoms with E-state index in [0.29, 0.717) is 6.04 Å². The van der Waals surface area contributed by atoms with Crippen molar-refractivity contribution in [2.24, 2.45) is 5.73 Å². The van der Waals surface area contributed by atoms with Crippen LogP contribution in [0.5, 0.6) is 0 Å². The van der Waals surface area contributed by atoms with Gasteiger partial charge in [0.25, 0.3) is 0 Å². The van der Waals surface area contributed by atoms with Crippen molar-refractivity contribution >= 4 is 0 Å². The van der Waals surface area contributed by atoms with E-state index >= 15 is 0 Å². The van der Waals surface area contributed by atoms with Crippen molar-refractivity contribution in [3.63, 3.8) is 0 Å². The Labute approximate surface area is 98.7 Å². The lowest BCUT2D eigenvalue weighted by atomic mass is 10.2. The summed E-state index contributed by atoms with van der Waals surface area (Å²) in [5.74, 6) is 0. The summed E-state index contributed by atoms with van der Waals surface area (Å²) in [6.07, 6.45) is 4.06. The third kappa shape index (κ3) is 3.42. The monoisotopic (exact) mass is 227 g/mol. The highest BCUT2D eigenvalue weighted by Crippen LogP contribution is 2.10. The van der Waals surface area contributed by atoms with E-state index in [1.54, 1.807) is 0 Å². The molecule has 0 spiro atoms. The summed E-state index contributed by atoms with van der Waals surface area (Å²) in [7, 11) is 0. The first-order chi connectivity index (χ1) is 7.90. The number of likely N-dealkylation sites (tertiary alicyclic amines) is 1. The van der Waals surface area contributed by atoms with Gasteiger partial charge in [0.15, 0.2) is 0 Å². The number of morpholine rings is 1. The SMILES string of the molecule is NCC1COCCN1CCCN1CCCC1. The number of hydrogen-bond donors (Lipinski definition) is 1. The Hall–Kier alpha value is -0.160. The third-order valence-corrected chi connectivity index (χ3v) is 3.74. The van der Waals surface area contributed by atoms with E-state index in [9.17, 15) is 0 Å². The summed E-state index contributed by atoms with van der Waals surface area (Å²) in [6, 6.07) is 0.451. The van der Waals surface area contributed by atoms with Crippen molar-refractivity contribution in [1.82, 2.24) is 9.80 Å². The Morgan fingerprint density at radius 2 is 1.94 bits per heavy atom. The smallest absolute Gasteiger partial charge is 0.0634 e. The Morgan fingerprint density at radius 1 is 1.12 bits per heavy atom. The van der Waals surface area contributed by atoms with Gasteiger partial charge < -0.3 is 15.4 Å². The molecule has 2 rings (SSSR count). The van der Waals surface area contributed by atoms with Gasteiger partial charge in [0.2, 0.25) is 0 Å². The average molecular weight is 227 g/mol. The van der Waals surface area contributed by atoms with Gasteiger partial charge in [-0.3, -0.25) is 4.90 Å². The predicted molar refractivity (Wildman–Crippen MR) is 65.5 cm³/mol. The van der Waals surface area contributed by atoms with Crippen LogP contribution in [0, 0.1) is 0 Å². The Balaban J connectivity index is 1.63. The maximum absolute atomic E-state index is 5.76. The molecule has 0 aromatic carbocycles. The summed E-state index contributed by atoms with van der Waals surface area (Å²) in [6.45, 7) is 8.54. The zero-order valence-corrected chi connectivity index (χ0v) is 10.2. The van der Waals surface area contributed by atoms with Gasteiger partial charge >= 0.3 is 0 Å². The highest BCUT2D eigenvalue weighted by Gasteiger charge is 2.21. The summed E-state index contributed by atoms with van der Waals surface area (Å²) < 4.78 is 5.45. The molecule has 94 valence electrons. The lowest BCUT2D eigenvalue weighted by Crippen LogP contribution is -2.49.